The minimum Gasteiger partial charge on any atom is -0.339 e. The molecule has 2 rings (SSSR count). The standard InChI is InChI=1S/C11H15N5O/c1-11(2,12)5-3-9-15-10(16-17-9)8-4-6-13-7-14-8/h4,6-7H,3,5,12H2,1-2H3. The average molecular weight is 233 g/mol. The second kappa shape index (κ2) is 4.58. The molecule has 90 valence electrons. The molecular weight excluding hydrogens is 218 g/mol. The van der Waals surface area contributed by atoms with E-state index in [4.69, 9.17) is 10.3 Å². The van der Waals surface area contributed by atoms with E-state index in [1.165, 1.54) is 6.33 Å². The van der Waals surface area contributed by atoms with Crippen molar-refractivity contribution in [3.05, 3.63) is 24.5 Å². The highest BCUT2D eigenvalue weighted by molar-refractivity contribution is 5.46. The van der Waals surface area contributed by atoms with Crippen LogP contribution in [0, 0.1) is 0 Å². The van der Waals surface area contributed by atoms with Gasteiger partial charge in [0.25, 0.3) is 0 Å². The van der Waals surface area contributed by atoms with E-state index in [-0.39, 0.29) is 5.54 Å². The van der Waals surface area contributed by atoms with Gasteiger partial charge in [0.1, 0.15) is 12.0 Å². The molecular formula is C11H15N5O. The summed E-state index contributed by atoms with van der Waals surface area (Å²) in [5.41, 5.74) is 6.31. The van der Waals surface area contributed by atoms with Crippen LogP contribution in [0.15, 0.2) is 23.1 Å². The first-order chi connectivity index (χ1) is 8.04. The summed E-state index contributed by atoms with van der Waals surface area (Å²) in [4.78, 5) is 12.1. The van der Waals surface area contributed by atoms with Gasteiger partial charge in [0, 0.05) is 18.2 Å². The summed E-state index contributed by atoms with van der Waals surface area (Å²) < 4.78 is 5.14. The molecule has 2 N–H and O–H groups in total. The van der Waals surface area contributed by atoms with Gasteiger partial charge in [-0.3, -0.25) is 0 Å². The maximum atomic E-state index is 5.89. The molecule has 0 unspecified atom stereocenters. The van der Waals surface area contributed by atoms with E-state index in [0.29, 0.717) is 23.8 Å². The molecule has 6 nitrogen and oxygen atoms in total. The second-order valence-electron chi connectivity index (χ2n) is 4.59. The SMILES string of the molecule is CC(C)(N)CCc1nc(-c2ccncn2)no1. The summed E-state index contributed by atoms with van der Waals surface area (Å²) in [6.07, 6.45) is 4.55. The fourth-order valence-electron chi connectivity index (χ4n) is 1.31. The molecule has 0 atom stereocenters. The monoisotopic (exact) mass is 233 g/mol. The highest BCUT2D eigenvalue weighted by Gasteiger charge is 2.14. The van der Waals surface area contributed by atoms with Crippen LogP contribution in [0.25, 0.3) is 11.5 Å². The largest absolute Gasteiger partial charge is 0.339 e. The van der Waals surface area contributed by atoms with Gasteiger partial charge >= 0.3 is 0 Å². The maximum absolute atomic E-state index is 5.89. The van der Waals surface area contributed by atoms with Crippen LogP contribution in [0.2, 0.25) is 0 Å². The van der Waals surface area contributed by atoms with Gasteiger partial charge in [-0.2, -0.15) is 4.98 Å². The molecule has 2 aromatic heterocycles. The summed E-state index contributed by atoms with van der Waals surface area (Å²) >= 11 is 0. The van der Waals surface area contributed by atoms with E-state index >= 15 is 0 Å². The minimum atomic E-state index is -0.233. The van der Waals surface area contributed by atoms with E-state index in [1.54, 1.807) is 12.3 Å². The van der Waals surface area contributed by atoms with Crippen LogP contribution in [-0.4, -0.2) is 25.6 Å². The quantitative estimate of drug-likeness (QED) is 0.853. The molecule has 0 aliphatic heterocycles. The van der Waals surface area contributed by atoms with Crippen LogP contribution < -0.4 is 5.73 Å². The van der Waals surface area contributed by atoms with Gasteiger partial charge in [-0.1, -0.05) is 5.16 Å². The molecule has 0 fully saturated rings. The van der Waals surface area contributed by atoms with E-state index in [2.05, 4.69) is 20.1 Å². The van der Waals surface area contributed by atoms with Crippen molar-refractivity contribution in [2.75, 3.05) is 0 Å². The Morgan fingerprint density at radius 2 is 2.24 bits per heavy atom. The van der Waals surface area contributed by atoms with Crippen molar-refractivity contribution >= 4 is 0 Å². The fraction of sp³-hybridized carbons (Fsp3) is 0.455. The number of hydrogen-bond acceptors (Lipinski definition) is 6. The molecule has 0 amide bonds. The van der Waals surface area contributed by atoms with Gasteiger partial charge < -0.3 is 10.3 Å². The third kappa shape index (κ3) is 3.32. The van der Waals surface area contributed by atoms with E-state index in [9.17, 15) is 0 Å². The predicted octanol–water partition coefficient (Wildman–Crippen LogP) is 1.20. The molecule has 0 aliphatic carbocycles. The Kier molecular flexibility index (Phi) is 3.14. The Balaban J connectivity index is 2.07. The first-order valence-electron chi connectivity index (χ1n) is 5.42. The van der Waals surface area contributed by atoms with E-state index in [1.807, 2.05) is 13.8 Å². The smallest absolute Gasteiger partial charge is 0.227 e. The van der Waals surface area contributed by atoms with Gasteiger partial charge in [0.15, 0.2) is 0 Å². The topological polar surface area (TPSA) is 90.7 Å². The third-order valence-electron chi connectivity index (χ3n) is 2.26. The highest BCUT2D eigenvalue weighted by Crippen LogP contribution is 2.14. The van der Waals surface area contributed by atoms with Crippen molar-refractivity contribution in [3.8, 4) is 11.5 Å². The lowest BCUT2D eigenvalue weighted by molar-refractivity contribution is 0.358. The predicted molar refractivity (Wildman–Crippen MR) is 61.9 cm³/mol. The maximum Gasteiger partial charge on any atom is 0.227 e. The van der Waals surface area contributed by atoms with E-state index in [0.717, 1.165) is 6.42 Å². The lowest BCUT2D eigenvalue weighted by Gasteiger charge is -2.16. The Labute approximate surface area is 99.3 Å². The van der Waals surface area contributed by atoms with Crippen molar-refractivity contribution in [3.63, 3.8) is 0 Å². The summed E-state index contributed by atoms with van der Waals surface area (Å²) in [7, 11) is 0. The van der Waals surface area contributed by atoms with Crippen molar-refractivity contribution in [1.29, 1.82) is 0 Å². The zero-order valence-corrected chi connectivity index (χ0v) is 9.92. The molecule has 2 aromatic rings. The summed E-state index contributed by atoms with van der Waals surface area (Å²) in [6, 6.07) is 1.74. The van der Waals surface area contributed by atoms with Gasteiger partial charge in [0.2, 0.25) is 11.7 Å². The molecule has 0 bridgehead atoms. The summed E-state index contributed by atoms with van der Waals surface area (Å²) in [5.74, 6) is 1.06. The van der Waals surface area contributed by atoms with Gasteiger partial charge in [0.05, 0.1) is 0 Å². The van der Waals surface area contributed by atoms with Crippen LogP contribution in [-0.2, 0) is 6.42 Å². The van der Waals surface area contributed by atoms with Crippen LogP contribution in [0.1, 0.15) is 26.2 Å². The van der Waals surface area contributed by atoms with Crippen molar-refractivity contribution < 1.29 is 4.52 Å². The number of nitrogens with two attached hydrogens (primary N) is 1. The minimum absolute atomic E-state index is 0.233. The number of aromatic nitrogens is 4. The Morgan fingerprint density at radius 1 is 1.41 bits per heavy atom. The zero-order valence-electron chi connectivity index (χ0n) is 9.92. The molecule has 0 saturated heterocycles. The lowest BCUT2D eigenvalue weighted by Crippen LogP contribution is -2.32. The fourth-order valence-corrected chi connectivity index (χ4v) is 1.31. The summed E-state index contributed by atoms with van der Waals surface area (Å²) in [6.45, 7) is 3.93. The molecule has 17 heavy (non-hydrogen) atoms. The molecule has 2 heterocycles. The van der Waals surface area contributed by atoms with Gasteiger partial charge in [-0.25, -0.2) is 9.97 Å². The average Bonchev–Trinajstić information content (AvgIpc) is 2.75. The van der Waals surface area contributed by atoms with E-state index < -0.39 is 0 Å². The van der Waals surface area contributed by atoms with Gasteiger partial charge in [-0.05, 0) is 26.3 Å². The Bertz CT molecular complexity index is 474. The molecule has 0 radical (unpaired) electrons. The highest BCUT2D eigenvalue weighted by atomic mass is 16.5. The van der Waals surface area contributed by atoms with Crippen LogP contribution >= 0.6 is 0 Å². The molecule has 0 aliphatic rings. The van der Waals surface area contributed by atoms with Crippen molar-refractivity contribution in [2.45, 2.75) is 32.2 Å². The first kappa shape index (κ1) is 11.7. The zero-order chi connectivity index (χ0) is 12.3. The number of hydrogen-bond donors (Lipinski definition) is 1. The number of aryl methyl sites for hydroxylation is 1. The molecule has 6 heteroatoms. The number of nitrogens with zero attached hydrogens (tertiary/aromatic N) is 4. The van der Waals surface area contributed by atoms with Crippen molar-refractivity contribution in [1.82, 2.24) is 20.1 Å². The Morgan fingerprint density at radius 3 is 2.88 bits per heavy atom. The van der Waals surface area contributed by atoms with Crippen LogP contribution in [0.5, 0.6) is 0 Å². The molecule has 0 spiro atoms. The molecule has 0 saturated carbocycles. The summed E-state index contributed by atoms with van der Waals surface area (Å²) in [5, 5.41) is 3.87. The second-order valence-corrected chi connectivity index (χ2v) is 4.59. The lowest BCUT2D eigenvalue weighted by atomic mass is 10.0. The number of rotatable bonds is 4. The van der Waals surface area contributed by atoms with Crippen LogP contribution in [0.3, 0.4) is 0 Å². The first-order valence-corrected chi connectivity index (χ1v) is 5.42. The van der Waals surface area contributed by atoms with Gasteiger partial charge in [-0.15, -0.1) is 0 Å². The molecule has 0 aromatic carbocycles. The Hall–Kier alpha value is -1.82. The third-order valence-corrected chi connectivity index (χ3v) is 2.26. The normalized spacial score (nSPS) is 11.7. The van der Waals surface area contributed by atoms with Crippen LogP contribution in [0.4, 0.5) is 0 Å². The van der Waals surface area contributed by atoms with Crippen molar-refractivity contribution in [2.24, 2.45) is 5.73 Å².